The van der Waals surface area contributed by atoms with Crippen LogP contribution in [0.15, 0.2) is 24.3 Å². The third-order valence-electron chi connectivity index (χ3n) is 8.84. The van der Waals surface area contributed by atoms with Crippen LogP contribution in [-0.2, 0) is 16.6 Å². The molecule has 2 aliphatic carbocycles. The topological polar surface area (TPSA) is 82.1 Å². The smallest absolute Gasteiger partial charge is 0.165 e. The number of unbranched alkanes of at least 4 members (excludes halogenated alkanes) is 8. The van der Waals surface area contributed by atoms with Crippen LogP contribution < -0.4 is 14.6 Å². The maximum Gasteiger partial charge on any atom is 0.165 e. The molecule has 0 aromatic heterocycles. The monoisotopic (exact) mass is 498 g/mol. The van der Waals surface area contributed by atoms with E-state index < -0.39 is 12.1 Å². The lowest BCUT2D eigenvalue weighted by atomic mass is 9.53. The van der Waals surface area contributed by atoms with Gasteiger partial charge in [0.2, 0.25) is 0 Å². The fourth-order valence-electron chi connectivity index (χ4n) is 6.97. The Kier molecular flexibility index (Phi) is 9.00. The zero-order valence-corrected chi connectivity index (χ0v) is 22.3. The fraction of sp³-hybridized carbons (Fsp3) is 0.700. The van der Waals surface area contributed by atoms with Crippen LogP contribution in [-0.4, -0.2) is 54.9 Å². The lowest BCUT2D eigenvalue weighted by Crippen LogP contribution is -2.64. The average molecular weight is 499 g/mol. The SMILES string of the molecule is CCCCCCCCCCCC(=O)[O-].COc1ccc2c3c1O[C@H]1[C@@H](O)C=C[C@H]4[C@@H](C2)N(C)CC[C@@]341. The highest BCUT2D eigenvalue weighted by Crippen LogP contribution is 2.62. The minimum absolute atomic E-state index is 0.0806. The Labute approximate surface area is 216 Å². The Morgan fingerprint density at radius 3 is 2.50 bits per heavy atom. The van der Waals surface area contributed by atoms with Crippen LogP contribution in [0.25, 0.3) is 0 Å². The van der Waals surface area contributed by atoms with Gasteiger partial charge in [-0.3, -0.25) is 0 Å². The standard InChI is InChI=1S/C18H21NO3.C12H24O2/c1-19-8-7-18-11-4-5-13(20)17(18)22-16-14(21-2)6-3-10(15(16)18)9-12(11)19;1-2-3-4-5-6-7-8-9-10-11-12(13)14/h3-6,11-13,17,20H,7-9H2,1-2H3;2-11H2,1H3,(H,13,14)/p-1/t11-,12+,13-,17-,18-;/m0./s1. The summed E-state index contributed by atoms with van der Waals surface area (Å²) in [6.07, 6.45) is 16.7. The van der Waals surface area contributed by atoms with Crippen LogP contribution in [0.3, 0.4) is 0 Å². The van der Waals surface area contributed by atoms with Crippen LogP contribution in [0, 0.1) is 5.92 Å². The molecule has 2 bridgehead atoms. The first-order valence-electron chi connectivity index (χ1n) is 14.1. The number of rotatable bonds is 11. The first-order valence-corrected chi connectivity index (χ1v) is 14.1. The normalized spacial score (nSPS) is 29.1. The minimum Gasteiger partial charge on any atom is -0.550 e. The van der Waals surface area contributed by atoms with Gasteiger partial charge in [0.15, 0.2) is 11.5 Å². The predicted octanol–water partition coefficient (Wildman–Crippen LogP) is 4.16. The van der Waals surface area contributed by atoms with E-state index in [1.54, 1.807) is 7.11 Å². The molecule has 6 nitrogen and oxygen atoms in total. The Bertz CT molecular complexity index is 930. The molecule has 1 aromatic rings. The number of hydrogen-bond donors (Lipinski definition) is 1. The van der Waals surface area contributed by atoms with Crippen LogP contribution in [0.1, 0.15) is 88.7 Å². The number of nitrogens with zero attached hydrogens (tertiary/aromatic N) is 1. The number of aliphatic hydroxyl groups excluding tert-OH is 1. The second-order valence-corrected chi connectivity index (χ2v) is 11.1. The Hall–Kier alpha value is -2.05. The summed E-state index contributed by atoms with van der Waals surface area (Å²) < 4.78 is 11.8. The van der Waals surface area contributed by atoms with Gasteiger partial charge < -0.3 is 29.4 Å². The summed E-state index contributed by atoms with van der Waals surface area (Å²) >= 11 is 0. The Morgan fingerprint density at radius 1 is 1.14 bits per heavy atom. The van der Waals surface area contributed by atoms with Gasteiger partial charge in [0.25, 0.3) is 0 Å². The van der Waals surface area contributed by atoms with E-state index in [9.17, 15) is 15.0 Å². The van der Waals surface area contributed by atoms with Gasteiger partial charge in [-0.25, -0.2) is 0 Å². The van der Waals surface area contributed by atoms with Crippen molar-refractivity contribution in [2.24, 2.45) is 5.92 Å². The van der Waals surface area contributed by atoms with Crippen molar-refractivity contribution < 1.29 is 24.5 Å². The molecule has 4 aliphatic rings. The van der Waals surface area contributed by atoms with Crippen molar-refractivity contribution in [1.82, 2.24) is 4.90 Å². The maximum atomic E-state index is 10.6. The number of methoxy groups -OCH3 is 1. The molecule has 0 amide bonds. The molecule has 1 spiro atoms. The lowest BCUT2D eigenvalue weighted by Gasteiger charge is -2.56. The molecule has 36 heavy (non-hydrogen) atoms. The lowest BCUT2D eigenvalue weighted by molar-refractivity contribution is -0.305. The van der Waals surface area contributed by atoms with Gasteiger partial charge in [0.05, 0.1) is 7.11 Å². The van der Waals surface area contributed by atoms with E-state index >= 15 is 0 Å². The predicted molar refractivity (Wildman–Crippen MR) is 139 cm³/mol. The summed E-state index contributed by atoms with van der Waals surface area (Å²) in [7, 11) is 3.91. The number of carboxylic acids is 1. The van der Waals surface area contributed by atoms with E-state index in [0.29, 0.717) is 12.0 Å². The van der Waals surface area contributed by atoms with E-state index in [1.807, 2.05) is 12.1 Å². The average Bonchev–Trinajstić information content (AvgIpc) is 3.22. The number of benzene rings is 1. The summed E-state index contributed by atoms with van der Waals surface area (Å²) in [6.45, 7) is 3.28. The van der Waals surface area contributed by atoms with E-state index in [2.05, 4.69) is 31.0 Å². The van der Waals surface area contributed by atoms with Gasteiger partial charge in [-0.15, -0.1) is 0 Å². The molecule has 2 aliphatic heterocycles. The number of aliphatic hydroxyl groups is 1. The number of aliphatic carboxylic acids is 1. The summed E-state index contributed by atoms with van der Waals surface area (Å²) in [4.78, 5) is 12.6. The summed E-state index contributed by atoms with van der Waals surface area (Å²) in [6, 6.07) is 4.70. The van der Waals surface area contributed by atoms with E-state index in [0.717, 1.165) is 43.7 Å². The Morgan fingerprint density at radius 2 is 1.83 bits per heavy atom. The molecule has 5 atom stereocenters. The van der Waals surface area contributed by atoms with Gasteiger partial charge in [-0.05, 0) is 50.9 Å². The quantitative estimate of drug-likeness (QED) is 0.364. The van der Waals surface area contributed by atoms with Crippen molar-refractivity contribution in [3.63, 3.8) is 0 Å². The fourth-order valence-corrected chi connectivity index (χ4v) is 6.97. The van der Waals surface area contributed by atoms with Gasteiger partial charge in [0, 0.05) is 28.9 Å². The number of carbonyl (C=O) groups excluding carboxylic acids is 1. The first kappa shape index (κ1) is 27.0. The van der Waals surface area contributed by atoms with Gasteiger partial charge in [-0.2, -0.15) is 0 Å². The van der Waals surface area contributed by atoms with Crippen LogP contribution in [0.4, 0.5) is 0 Å². The summed E-state index contributed by atoms with van der Waals surface area (Å²) in [5.41, 5.74) is 2.60. The molecule has 5 rings (SSSR count). The summed E-state index contributed by atoms with van der Waals surface area (Å²) in [5.74, 6) is 1.18. The summed E-state index contributed by atoms with van der Waals surface area (Å²) in [5, 5.41) is 20.6. The van der Waals surface area contributed by atoms with Gasteiger partial charge >= 0.3 is 0 Å². The number of hydrogen-bond acceptors (Lipinski definition) is 6. The minimum atomic E-state index is -0.909. The van der Waals surface area contributed by atoms with E-state index in [4.69, 9.17) is 9.47 Å². The van der Waals surface area contributed by atoms with Crippen molar-refractivity contribution in [2.75, 3.05) is 20.7 Å². The van der Waals surface area contributed by atoms with Crippen molar-refractivity contribution in [3.05, 3.63) is 35.4 Å². The molecule has 2 heterocycles. The van der Waals surface area contributed by atoms with Crippen LogP contribution >= 0.6 is 0 Å². The molecular formula is C30H44NO5-. The maximum absolute atomic E-state index is 10.6. The molecule has 0 unspecified atom stereocenters. The van der Waals surface area contributed by atoms with Gasteiger partial charge in [-0.1, -0.05) is 76.5 Å². The molecule has 1 saturated heterocycles. The second kappa shape index (κ2) is 12.0. The number of likely N-dealkylation sites (tertiary alicyclic amines) is 1. The molecule has 0 saturated carbocycles. The number of carboxylic acid groups (broad SMARTS) is 1. The van der Waals surface area contributed by atoms with Crippen molar-refractivity contribution in [2.45, 2.75) is 108 Å². The molecule has 1 aromatic carbocycles. The van der Waals surface area contributed by atoms with Crippen molar-refractivity contribution >= 4 is 5.97 Å². The zero-order chi connectivity index (χ0) is 25.7. The largest absolute Gasteiger partial charge is 0.550 e. The van der Waals surface area contributed by atoms with Gasteiger partial charge in [0.1, 0.15) is 12.2 Å². The molecule has 6 heteroatoms. The van der Waals surface area contributed by atoms with E-state index in [1.165, 1.54) is 56.1 Å². The molecule has 1 fully saturated rings. The highest BCUT2D eigenvalue weighted by atomic mass is 16.5. The third-order valence-corrected chi connectivity index (χ3v) is 8.84. The second-order valence-electron chi connectivity index (χ2n) is 11.1. The number of likely N-dealkylation sites (N-methyl/N-ethyl adjacent to an activating group) is 1. The molecule has 1 N–H and O–H groups in total. The molecule has 200 valence electrons. The van der Waals surface area contributed by atoms with Crippen molar-refractivity contribution in [1.29, 1.82) is 0 Å². The third kappa shape index (κ3) is 5.17. The Balaban J connectivity index is 0.000000191. The highest BCUT2D eigenvalue weighted by Gasteiger charge is 2.64. The number of piperidine rings is 1. The van der Waals surface area contributed by atoms with E-state index in [-0.39, 0.29) is 17.9 Å². The molecular weight excluding hydrogens is 454 g/mol. The van der Waals surface area contributed by atoms with Crippen molar-refractivity contribution in [3.8, 4) is 11.5 Å². The number of ether oxygens (including phenoxy) is 2. The number of carbonyl (C=O) groups is 1. The first-order chi connectivity index (χ1) is 17.4. The van der Waals surface area contributed by atoms with Crippen LogP contribution in [0.2, 0.25) is 0 Å². The zero-order valence-electron chi connectivity index (χ0n) is 22.3. The van der Waals surface area contributed by atoms with Crippen LogP contribution in [0.5, 0.6) is 11.5 Å². The highest BCUT2D eigenvalue weighted by molar-refractivity contribution is 5.64. The molecule has 0 radical (unpaired) electrons.